The Labute approximate surface area is 83.7 Å². The van der Waals surface area contributed by atoms with Crippen LogP contribution in [0.1, 0.15) is 16.7 Å². The molecule has 0 aliphatic carbocycles. The molecule has 0 unspecified atom stereocenters. The number of halogens is 4. The molecular weight excluding hydrogens is 215 g/mol. The zero-order valence-corrected chi connectivity index (χ0v) is 7.87. The van der Waals surface area contributed by atoms with Gasteiger partial charge in [0.2, 0.25) is 0 Å². The number of alkyl halides is 3. The summed E-state index contributed by atoms with van der Waals surface area (Å²) in [5.41, 5.74) is -0.756. The van der Waals surface area contributed by atoms with E-state index in [1.165, 1.54) is 13.0 Å². The fourth-order valence-corrected chi connectivity index (χ4v) is 1.26. The molecule has 1 aromatic carbocycles. The van der Waals surface area contributed by atoms with Crippen molar-refractivity contribution in [2.24, 2.45) is 0 Å². The summed E-state index contributed by atoms with van der Waals surface area (Å²) < 4.78 is 37.1. The minimum Gasteiger partial charge on any atom is -0.192 e. The Balaban J connectivity index is 3.44. The molecule has 0 fully saturated rings. The highest BCUT2D eigenvalue weighted by Gasteiger charge is 2.34. The number of hydrogen-bond acceptors (Lipinski definition) is 1. The number of rotatable bonds is 0. The molecule has 0 atom stereocenters. The monoisotopic (exact) mass is 219 g/mol. The van der Waals surface area contributed by atoms with E-state index in [4.69, 9.17) is 16.9 Å². The second kappa shape index (κ2) is 3.50. The van der Waals surface area contributed by atoms with Crippen molar-refractivity contribution in [3.8, 4) is 6.07 Å². The third-order valence-corrected chi connectivity index (χ3v) is 2.19. The molecule has 0 amide bonds. The fraction of sp³-hybridized carbons (Fsp3) is 0.222. The molecule has 0 spiro atoms. The van der Waals surface area contributed by atoms with Crippen molar-refractivity contribution < 1.29 is 13.2 Å². The summed E-state index contributed by atoms with van der Waals surface area (Å²) in [4.78, 5) is 0. The van der Waals surface area contributed by atoms with Gasteiger partial charge in [0.05, 0.1) is 22.2 Å². The lowest BCUT2D eigenvalue weighted by Gasteiger charge is -2.10. The number of nitriles is 1. The molecule has 14 heavy (non-hydrogen) atoms. The predicted octanol–water partition coefficient (Wildman–Crippen LogP) is 3.54. The van der Waals surface area contributed by atoms with Crippen LogP contribution in [-0.4, -0.2) is 0 Å². The van der Waals surface area contributed by atoms with Gasteiger partial charge in [-0.25, -0.2) is 0 Å². The Morgan fingerprint density at radius 2 is 1.93 bits per heavy atom. The molecule has 0 bridgehead atoms. The summed E-state index contributed by atoms with van der Waals surface area (Å²) in [7, 11) is 0. The summed E-state index contributed by atoms with van der Waals surface area (Å²) in [6.45, 7) is 1.43. The molecule has 0 heterocycles. The van der Waals surface area contributed by atoms with Crippen LogP contribution in [0.3, 0.4) is 0 Å². The maximum absolute atomic E-state index is 12.4. The van der Waals surface area contributed by atoms with Crippen molar-refractivity contribution in [3.05, 3.63) is 33.8 Å². The molecular formula is C9H5ClF3N. The van der Waals surface area contributed by atoms with Gasteiger partial charge in [-0.05, 0) is 24.6 Å². The molecule has 0 radical (unpaired) electrons. The first kappa shape index (κ1) is 10.9. The minimum absolute atomic E-state index is 0.0424. The average Bonchev–Trinajstić information content (AvgIpc) is 2.07. The molecule has 5 heteroatoms. The predicted molar refractivity (Wildman–Crippen MR) is 45.9 cm³/mol. The Kier molecular flexibility index (Phi) is 2.72. The van der Waals surface area contributed by atoms with E-state index in [0.717, 1.165) is 6.07 Å². The lowest BCUT2D eigenvalue weighted by Crippen LogP contribution is -2.07. The summed E-state index contributed by atoms with van der Waals surface area (Å²) in [6, 6.07) is 3.71. The molecule has 0 saturated carbocycles. The summed E-state index contributed by atoms with van der Waals surface area (Å²) in [5.74, 6) is 0. The van der Waals surface area contributed by atoms with Gasteiger partial charge in [-0.2, -0.15) is 18.4 Å². The largest absolute Gasteiger partial charge is 0.417 e. The van der Waals surface area contributed by atoms with E-state index in [2.05, 4.69) is 0 Å². The van der Waals surface area contributed by atoms with Crippen molar-refractivity contribution in [1.29, 1.82) is 5.26 Å². The third kappa shape index (κ3) is 1.99. The molecule has 74 valence electrons. The molecule has 0 aliphatic rings. The fourth-order valence-electron chi connectivity index (χ4n) is 1.04. The molecule has 0 aromatic heterocycles. The SMILES string of the molecule is Cc1cc(C#N)cc(C(F)(F)F)c1Cl. The van der Waals surface area contributed by atoms with E-state index in [1.54, 1.807) is 6.07 Å². The van der Waals surface area contributed by atoms with Crippen LogP contribution in [-0.2, 0) is 6.18 Å². The molecule has 0 N–H and O–H groups in total. The quantitative estimate of drug-likeness (QED) is 0.655. The number of aryl methyl sites for hydroxylation is 1. The number of benzene rings is 1. The Morgan fingerprint density at radius 3 is 2.36 bits per heavy atom. The van der Waals surface area contributed by atoms with Gasteiger partial charge in [-0.15, -0.1) is 0 Å². The van der Waals surface area contributed by atoms with Crippen LogP contribution in [0.5, 0.6) is 0 Å². The van der Waals surface area contributed by atoms with Crippen LogP contribution in [0, 0.1) is 18.3 Å². The number of hydrogen-bond donors (Lipinski definition) is 0. The minimum atomic E-state index is -4.52. The second-order valence-corrected chi connectivity index (χ2v) is 3.14. The first-order valence-corrected chi connectivity index (χ1v) is 4.01. The maximum Gasteiger partial charge on any atom is 0.417 e. The van der Waals surface area contributed by atoms with Gasteiger partial charge in [0.25, 0.3) is 0 Å². The second-order valence-electron chi connectivity index (χ2n) is 2.76. The van der Waals surface area contributed by atoms with E-state index >= 15 is 0 Å². The highest BCUT2D eigenvalue weighted by atomic mass is 35.5. The first-order valence-electron chi connectivity index (χ1n) is 3.63. The van der Waals surface area contributed by atoms with E-state index in [-0.39, 0.29) is 16.1 Å². The lowest BCUT2D eigenvalue weighted by atomic mass is 10.1. The summed E-state index contributed by atoms with van der Waals surface area (Å²) >= 11 is 5.48. The Hall–Kier alpha value is -1.21. The van der Waals surface area contributed by atoms with Gasteiger partial charge in [0.1, 0.15) is 0 Å². The Morgan fingerprint density at radius 1 is 1.36 bits per heavy atom. The van der Waals surface area contributed by atoms with E-state index in [9.17, 15) is 13.2 Å². The van der Waals surface area contributed by atoms with E-state index in [1.807, 2.05) is 0 Å². The lowest BCUT2D eigenvalue weighted by molar-refractivity contribution is -0.137. The van der Waals surface area contributed by atoms with Crippen molar-refractivity contribution in [1.82, 2.24) is 0 Å². The van der Waals surface area contributed by atoms with E-state index < -0.39 is 11.7 Å². The van der Waals surface area contributed by atoms with Gasteiger partial charge in [0.15, 0.2) is 0 Å². The Bertz CT molecular complexity index is 404. The van der Waals surface area contributed by atoms with Gasteiger partial charge >= 0.3 is 6.18 Å². The van der Waals surface area contributed by atoms with Gasteiger partial charge in [0, 0.05) is 0 Å². The highest BCUT2D eigenvalue weighted by molar-refractivity contribution is 6.32. The molecule has 0 saturated heterocycles. The van der Waals surface area contributed by atoms with Gasteiger partial charge in [-0.1, -0.05) is 11.6 Å². The zero-order chi connectivity index (χ0) is 10.9. The smallest absolute Gasteiger partial charge is 0.192 e. The summed E-state index contributed by atoms with van der Waals surface area (Å²) in [5, 5.41) is 8.13. The maximum atomic E-state index is 12.4. The molecule has 0 aliphatic heterocycles. The third-order valence-electron chi connectivity index (χ3n) is 1.69. The van der Waals surface area contributed by atoms with Crippen LogP contribution in [0.25, 0.3) is 0 Å². The van der Waals surface area contributed by atoms with Crippen LogP contribution in [0.4, 0.5) is 13.2 Å². The van der Waals surface area contributed by atoms with Crippen molar-refractivity contribution >= 4 is 11.6 Å². The van der Waals surface area contributed by atoms with Crippen LogP contribution in [0.2, 0.25) is 5.02 Å². The van der Waals surface area contributed by atoms with Crippen LogP contribution in [0.15, 0.2) is 12.1 Å². The van der Waals surface area contributed by atoms with Crippen LogP contribution >= 0.6 is 11.6 Å². The van der Waals surface area contributed by atoms with Gasteiger partial charge < -0.3 is 0 Å². The molecule has 1 rings (SSSR count). The summed E-state index contributed by atoms with van der Waals surface area (Å²) in [6.07, 6.45) is -4.52. The molecule has 1 nitrogen and oxygen atoms in total. The highest BCUT2D eigenvalue weighted by Crippen LogP contribution is 2.36. The van der Waals surface area contributed by atoms with Crippen molar-refractivity contribution in [2.45, 2.75) is 13.1 Å². The van der Waals surface area contributed by atoms with Crippen LogP contribution < -0.4 is 0 Å². The number of nitrogens with zero attached hydrogens (tertiary/aromatic N) is 1. The average molecular weight is 220 g/mol. The van der Waals surface area contributed by atoms with Crippen molar-refractivity contribution in [2.75, 3.05) is 0 Å². The molecule has 1 aromatic rings. The zero-order valence-electron chi connectivity index (χ0n) is 7.11. The first-order chi connectivity index (χ1) is 6.36. The van der Waals surface area contributed by atoms with Crippen molar-refractivity contribution in [3.63, 3.8) is 0 Å². The topological polar surface area (TPSA) is 23.8 Å². The standard InChI is InChI=1S/C9H5ClF3N/c1-5-2-6(4-14)3-7(8(5)10)9(11,12)13/h2-3H,1H3. The normalized spacial score (nSPS) is 11.1. The van der Waals surface area contributed by atoms with E-state index in [0.29, 0.717) is 0 Å². The van der Waals surface area contributed by atoms with Gasteiger partial charge in [-0.3, -0.25) is 0 Å².